The smallest absolute Gasteiger partial charge is 0.262 e. The summed E-state index contributed by atoms with van der Waals surface area (Å²) in [6.07, 6.45) is 0. The Morgan fingerprint density at radius 1 is 1.28 bits per heavy atom. The van der Waals surface area contributed by atoms with Crippen LogP contribution in [0.3, 0.4) is 0 Å². The number of aryl methyl sites for hydroxylation is 2. The Hall–Kier alpha value is -2.87. The molecule has 3 aromatic rings. The minimum Gasteiger partial charge on any atom is -0.454 e. The van der Waals surface area contributed by atoms with E-state index in [1.165, 1.54) is 15.9 Å². The quantitative estimate of drug-likeness (QED) is 0.778. The fraction of sp³-hybridized carbons (Fsp3) is 0.235. The number of carbonyl (C=O) groups is 1. The van der Waals surface area contributed by atoms with E-state index in [0.29, 0.717) is 33.2 Å². The van der Waals surface area contributed by atoms with E-state index in [9.17, 15) is 9.59 Å². The highest BCUT2D eigenvalue weighted by molar-refractivity contribution is 7.18. The van der Waals surface area contributed by atoms with Crippen LogP contribution in [0.2, 0.25) is 0 Å². The first kappa shape index (κ1) is 15.6. The number of aromatic nitrogens is 2. The predicted molar refractivity (Wildman–Crippen MR) is 94.5 cm³/mol. The van der Waals surface area contributed by atoms with Crippen molar-refractivity contribution in [1.29, 1.82) is 0 Å². The Labute approximate surface area is 146 Å². The molecule has 0 bridgehead atoms. The van der Waals surface area contributed by atoms with Crippen molar-refractivity contribution in [3.05, 3.63) is 45.3 Å². The molecule has 0 atom stereocenters. The van der Waals surface area contributed by atoms with E-state index in [2.05, 4.69) is 10.3 Å². The summed E-state index contributed by atoms with van der Waals surface area (Å²) < 4.78 is 11.9. The summed E-state index contributed by atoms with van der Waals surface area (Å²) >= 11 is 1.47. The van der Waals surface area contributed by atoms with Crippen LogP contribution in [0.1, 0.15) is 10.7 Å². The van der Waals surface area contributed by atoms with Gasteiger partial charge in [0.15, 0.2) is 11.5 Å². The summed E-state index contributed by atoms with van der Waals surface area (Å²) in [4.78, 5) is 31.1. The van der Waals surface area contributed by atoms with E-state index in [0.717, 1.165) is 4.88 Å². The molecule has 3 heterocycles. The molecule has 0 spiro atoms. The molecule has 0 aliphatic carbocycles. The van der Waals surface area contributed by atoms with Crippen LogP contribution in [0.15, 0.2) is 29.1 Å². The number of nitrogens with zero attached hydrogens (tertiary/aromatic N) is 2. The monoisotopic (exact) mass is 357 g/mol. The fourth-order valence-corrected chi connectivity index (χ4v) is 3.66. The Balaban J connectivity index is 1.58. The van der Waals surface area contributed by atoms with Crippen molar-refractivity contribution in [2.24, 2.45) is 0 Å². The molecule has 2 aromatic heterocycles. The second kappa shape index (κ2) is 5.89. The molecule has 0 unspecified atom stereocenters. The molecular weight excluding hydrogens is 342 g/mol. The highest BCUT2D eigenvalue weighted by Gasteiger charge is 2.16. The minimum atomic E-state index is -0.308. The Bertz CT molecular complexity index is 1050. The van der Waals surface area contributed by atoms with Gasteiger partial charge in [-0.25, -0.2) is 4.98 Å². The lowest BCUT2D eigenvalue weighted by molar-refractivity contribution is -0.116. The maximum atomic E-state index is 12.6. The molecule has 1 amide bonds. The van der Waals surface area contributed by atoms with Crippen LogP contribution >= 0.6 is 11.3 Å². The zero-order chi connectivity index (χ0) is 17.6. The van der Waals surface area contributed by atoms with Gasteiger partial charge in [-0.05, 0) is 32.0 Å². The number of hydrogen-bond acceptors (Lipinski definition) is 6. The molecule has 0 saturated heterocycles. The van der Waals surface area contributed by atoms with Crippen LogP contribution in [-0.2, 0) is 11.3 Å². The highest BCUT2D eigenvalue weighted by Crippen LogP contribution is 2.34. The molecule has 1 N–H and O–H groups in total. The molecule has 1 aliphatic heterocycles. The summed E-state index contributed by atoms with van der Waals surface area (Å²) in [5.74, 6) is 1.44. The number of anilines is 1. The molecule has 4 rings (SSSR count). The third-order valence-electron chi connectivity index (χ3n) is 3.92. The number of thiophene rings is 1. The normalized spacial score (nSPS) is 12.6. The van der Waals surface area contributed by atoms with Gasteiger partial charge in [0.05, 0.1) is 5.39 Å². The van der Waals surface area contributed by atoms with E-state index in [1.807, 2.05) is 6.92 Å². The molecule has 8 heteroatoms. The van der Waals surface area contributed by atoms with Crippen LogP contribution in [0, 0.1) is 13.8 Å². The summed E-state index contributed by atoms with van der Waals surface area (Å²) in [6, 6.07) is 6.96. The summed E-state index contributed by atoms with van der Waals surface area (Å²) in [7, 11) is 0. The van der Waals surface area contributed by atoms with Crippen LogP contribution in [-0.4, -0.2) is 22.3 Å². The molecule has 1 aromatic carbocycles. The number of nitrogens with one attached hydrogen (secondary N) is 1. The van der Waals surface area contributed by atoms with Crippen LogP contribution in [0.5, 0.6) is 11.5 Å². The first-order chi connectivity index (χ1) is 12.0. The van der Waals surface area contributed by atoms with Gasteiger partial charge in [0.1, 0.15) is 17.2 Å². The molecule has 128 valence electrons. The van der Waals surface area contributed by atoms with Gasteiger partial charge < -0.3 is 14.8 Å². The topological polar surface area (TPSA) is 82.5 Å². The molecule has 0 fully saturated rings. The van der Waals surface area contributed by atoms with E-state index >= 15 is 0 Å². The van der Waals surface area contributed by atoms with Gasteiger partial charge in [0.2, 0.25) is 12.7 Å². The van der Waals surface area contributed by atoms with E-state index in [4.69, 9.17) is 9.47 Å². The maximum Gasteiger partial charge on any atom is 0.262 e. The SMILES string of the molecule is Cc1cc2c(=O)n(CC(=O)Nc3ccc4c(c3)OCO4)c(C)nc2s1. The minimum absolute atomic E-state index is 0.100. The first-order valence-corrected chi connectivity index (χ1v) is 8.50. The maximum absolute atomic E-state index is 12.6. The number of ether oxygens (including phenoxy) is 2. The summed E-state index contributed by atoms with van der Waals surface area (Å²) in [5, 5.41) is 3.31. The molecule has 1 aliphatic rings. The average molecular weight is 357 g/mol. The zero-order valence-electron chi connectivity index (χ0n) is 13.7. The van der Waals surface area contributed by atoms with Crippen molar-refractivity contribution in [1.82, 2.24) is 9.55 Å². The van der Waals surface area contributed by atoms with Crippen molar-refractivity contribution in [3.63, 3.8) is 0 Å². The number of carbonyl (C=O) groups excluding carboxylic acids is 1. The molecule has 7 nitrogen and oxygen atoms in total. The highest BCUT2D eigenvalue weighted by atomic mass is 32.1. The number of amides is 1. The second-order valence-electron chi connectivity index (χ2n) is 5.74. The zero-order valence-corrected chi connectivity index (χ0v) is 14.5. The Morgan fingerprint density at radius 2 is 2.08 bits per heavy atom. The molecule has 0 radical (unpaired) electrons. The van der Waals surface area contributed by atoms with Gasteiger partial charge >= 0.3 is 0 Å². The average Bonchev–Trinajstić information content (AvgIpc) is 3.17. The predicted octanol–water partition coefficient (Wildman–Crippen LogP) is 2.44. The van der Waals surface area contributed by atoms with Gasteiger partial charge in [-0.1, -0.05) is 0 Å². The second-order valence-corrected chi connectivity index (χ2v) is 6.98. The Kier molecular flexibility index (Phi) is 3.69. The van der Waals surface area contributed by atoms with Crippen molar-refractivity contribution in [2.75, 3.05) is 12.1 Å². The lowest BCUT2D eigenvalue weighted by atomic mass is 10.2. The van der Waals surface area contributed by atoms with Gasteiger partial charge in [-0.2, -0.15) is 0 Å². The van der Waals surface area contributed by atoms with E-state index < -0.39 is 0 Å². The van der Waals surface area contributed by atoms with Crippen molar-refractivity contribution >= 4 is 33.1 Å². The lowest BCUT2D eigenvalue weighted by Gasteiger charge is -2.10. The van der Waals surface area contributed by atoms with Crippen molar-refractivity contribution in [2.45, 2.75) is 20.4 Å². The fourth-order valence-electron chi connectivity index (χ4n) is 2.74. The van der Waals surface area contributed by atoms with Crippen LogP contribution in [0.25, 0.3) is 10.2 Å². The summed E-state index contributed by atoms with van der Waals surface area (Å²) in [5.41, 5.74) is 0.382. The Morgan fingerprint density at radius 3 is 2.92 bits per heavy atom. The lowest BCUT2D eigenvalue weighted by Crippen LogP contribution is -2.29. The number of benzene rings is 1. The van der Waals surface area contributed by atoms with Crippen LogP contribution in [0.4, 0.5) is 5.69 Å². The standard InChI is InChI=1S/C17H15N3O4S/c1-9-5-12-16(25-9)18-10(2)20(17(12)22)7-15(21)19-11-3-4-13-14(6-11)24-8-23-13/h3-6H,7-8H2,1-2H3,(H,19,21). The van der Waals surface area contributed by atoms with Crippen molar-refractivity contribution in [3.8, 4) is 11.5 Å². The number of fused-ring (bicyclic) bond motifs is 2. The first-order valence-electron chi connectivity index (χ1n) is 7.68. The van der Waals surface area contributed by atoms with E-state index in [1.54, 1.807) is 31.2 Å². The molecule has 25 heavy (non-hydrogen) atoms. The summed E-state index contributed by atoms with van der Waals surface area (Å²) in [6.45, 7) is 3.73. The van der Waals surface area contributed by atoms with Gasteiger partial charge in [-0.3, -0.25) is 14.2 Å². The number of rotatable bonds is 3. The van der Waals surface area contributed by atoms with Crippen molar-refractivity contribution < 1.29 is 14.3 Å². The number of hydrogen-bond donors (Lipinski definition) is 1. The third kappa shape index (κ3) is 2.85. The largest absolute Gasteiger partial charge is 0.454 e. The van der Waals surface area contributed by atoms with E-state index in [-0.39, 0.29) is 24.8 Å². The van der Waals surface area contributed by atoms with Gasteiger partial charge in [0, 0.05) is 16.6 Å². The molecular formula is C17H15N3O4S. The van der Waals surface area contributed by atoms with Gasteiger partial charge in [-0.15, -0.1) is 11.3 Å². The van der Waals surface area contributed by atoms with Crippen LogP contribution < -0.4 is 20.3 Å². The molecule has 0 saturated carbocycles. The van der Waals surface area contributed by atoms with Gasteiger partial charge in [0.25, 0.3) is 5.56 Å². The third-order valence-corrected chi connectivity index (χ3v) is 4.87.